The highest BCUT2D eigenvalue weighted by Crippen LogP contribution is 2.41. The van der Waals surface area contributed by atoms with Gasteiger partial charge in [0.1, 0.15) is 0 Å². The van der Waals surface area contributed by atoms with E-state index in [0.717, 1.165) is 35.5 Å². The lowest BCUT2D eigenvalue weighted by Crippen LogP contribution is -2.26. The Morgan fingerprint density at radius 2 is 0.862 bits per heavy atom. The van der Waals surface area contributed by atoms with Gasteiger partial charge in [0.25, 0.3) is 0 Å². The van der Waals surface area contributed by atoms with Crippen molar-refractivity contribution < 1.29 is 0 Å². The summed E-state index contributed by atoms with van der Waals surface area (Å²) in [6.45, 7) is 4.69. The summed E-state index contributed by atoms with van der Waals surface area (Å²) in [5.41, 5.74) is 0. The van der Waals surface area contributed by atoms with Gasteiger partial charge in [-0.3, -0.25) is 0 Å². The van der Waals surface area contributed by atoms with Crippen LogP contribution in [-0.4, -0.2) is 5.38 Å². The first kappa shape index (κ1) is 23.9. The van der Waals surface area contributed by atoms with Crippen LogP contribution in [0.2, 0.25) is 0 Å². The van der Waals surface area contributed by atoms with E-state index in [-0.39, 0.29) is 0 Å². The van der Waals surface area contributed by atoms with Crippen molar-refractivity contribution in [2.75, 3.05) is 0 Å². The molecular weight excluding hydrogens is 372 g/mol. The zero-order chi connectivity index (χ0) is 20.5. The van der Waals surface area contributed by atoms with Gasteiger partial charge in [-0.2, -0.15) is 0 Å². The summed E-state index contributed by atoms with van der Waals surface area (Å²) in [5.74, 6) is 5.94. The maximum absolute atomic E-state index is 6.95. The van der Waals surface area contributed by atoms with Crippen LogP contribution in [0, 0.1) is 35.5 Å². The van der Waals surface area contributed by atoms with Crippen LogP contribution in [0.5, 0.6) is 0 Å². The van der Waals surface area contributed by atoms with Crippen molar-refractivity contribution in [2.24, 2.45) is 35.5 Å². The molecule has 3 aliphatic carbocycles. The third-order valence-corrected chi connectivity index (χ3v) is 9.81. The highest BCUT2D eigenvalue weighted by molar-refractivity contribution is 6.20. The Kier molecular flexibility index (Phi) is 10.7. The topological polar surface area (TPSA) is 0 Å². The summed E-state index contributed by atoms with van der Waals surface area (Å²) < 4.78 is 0. The van der Waals surface area contributed by atoms with Crippen molar-refractivity contribution >= 4 is 11.6 Å². The van der Waals surface area contributed by atoms with Crippen molar-refractivity contribution in [1.82, 2.24) is 0 Å². The van der Waals surface area contributed by atoms with Crippen LogP contribution in [0.3, 0.4) is 0 Å². The average molecular weight is 423 g/mol. The fraction of sp³-hybridized carbons (Fsp3) is 1.00. The van der Waals surface area contributed by atoms with Gasteiger partial charge in [0.05, 0.1) is 0 Å². The van der Waals surface area contributed by atoms with Gasteiger partial charge in [0.15, 0.2) is 0 Å². The summed E-state index contributed by atoms with van der Waals surface area (Å²) in [6.07, 6.45) is 27.9. The third-order valence-electron chi connectivity index (χ3n) is 9.27. The quantitative estimate of drug-likeness (QED) is 0.307. The van der Waals surface area contributed by atoms with Crippen LogP contribution >= 0.6 is 11.6 Å². The van der Waals surface area contributed by atoms with Crippen LogP contribution in [0.25, 0.3) is 0 Å². The summed E-state index contributed by atoms with van der Waals surface area (Å²) >= 11 is 6.95. The van der Waals surface area contributed by atoms with Crippen molar-refractivity contribution in [2.45, 2.75) is 141 Å². The predicted molar refractivity (Wildman–Crippen MR) is 130 cm³/mol. The monoisotopic (exact) mass is 422 g/mol. The molecule has 0 aromatic heterocycles. The zero-order valence-corrected chi connectivity index (χ0v) is 20.6. The Hall–Kier alpha value is 0.290. The number of rotatable bonds is 10. The lowest BCUT2D eigenvalue weighted by molar-refractivity contribution is 0.196. The molecule has 3 aliphatic rings. The van der Waals surface area contributed by atoms with E-state index in [1.807, 2.05) is 0 Å². The fourth-order valence-corrected chi connectivity index (χ4v) is 7.71. The molecule has 0 aromatic rings. The van der Waals surface area contributed by atoms with Gasteiger partial charge in [-0.15, -0.1) is 11.6 Å². The second kappa shape index (κ2) is 13.0. The van der Waals surface area contributed by atoms with Crippen LogP contribution in [0.15, 0.2) is 0 Å². The number of alkyl halides is 1. The maximum Gasteiger partial charge on any atom is 0.0366 e. The van der Waals surface area contributed by atoms with E-state index in [1.165, 1.54) is 122 Å². The van der Waals surface area contributed by atoms with Gasteiger partial charge in [-0.05, 0) is 54.8 Å². The number of halogens is 1. The predicted octanol–water partition coefficient (Wildman–Crippen LogP) is 9.78. The molecule has 0 radical (unpaired) electrons. The molecule has 0 amide bonds. The summed E-state index contributed by atoms with van der Waals surface area (Å²) in [7, 11) is 0. The van der Waals surface area contributed by atoms with Gasteiger partial charge in [0, 0.05) is 5.38 Å². The van der Waals surface area contributed by atoms with E-state index in [4.69, 9.17) is 11.6 Å². The Morgan fingerprint density at radius 3 is 1.28 bits per heavy atom. The molecule has 0 aromatic carbocycles. The first-order valence-electron chi connectivity index (χ1n) is 13.8. The molecule has 0 N–H and O–H groups in total. The molecular formula is C28H51Cl. The molecule has 0 bridgehead atoms. The standard InChI is InChI=1S/C28H51Cl/c1-3-5-22-7-9-24(10-8-22)11-12-25-13-15-26(16-14-25)21-28(29)27-19-17-23(6-4-2)18-20-27/h22-28H,3-21H2,1-2H3/t22-,23-,24-,25?,26?,27-,28?. The van der Waals surface area contributed by atoms with Crippen molar-refractivity contribution in [3.8, 4) is 0 Å². The molecule has 0 saturated heterocycles. The molecule has 3 fully saturated rings. The maximum atomic E-state index is 6.95. The first-order chi connectivity index (χ1) is 14.2. The summed E-state index contributed by atoms with van der Waals surface area (Å²) in [6, 6.07) is 0. The van der Waals surface area contributed by atoms with Gasteiger partial charge < -0.3 is 0 Å². The van der Waals surface area contributed by atoms with E-state index in [0.29, 0.717) is 5.38 Å². The minimum atomic E-state index is 0.470. The molecule has 29 heavy (non-hydrogen) atoms. The van der Waals surface area contributed by atoms with E-state index >= 15 is 0 Å². The van der Waals surface area contributed by atoms with E-state index in [2.05, 4.69) is 13.8 Å². The van der Waals surface area contributed by atoms with Crippen LogP contribution < -0.4 is 0 Å². The van der Waals surface area contributed by atoms with Gasteiger partial charge in [0.2, 0.25) is 0 Å². The highest BCUT2D eigenvalue weighted by atomic mass is 35.5. The van der Waals surface area contributed by atoms with Crippen molar-refractivity contribution in [1.29, 1.82) is 0 Å². The Bertz CT molecular complexity index is 408. The third kappa shape index (κ3) is 8.05. The molecule has 0 spiro atoms. The smallest absolute Gasteiger partial charge is 0.0366 e. The summed E-state index contributed by atoms with van der Waals surface area (Å²) in [5, 5.41) is 0.470. The molecule has 1 unspecified atom stereocenters. The van der Waals surface area contributed by atoms with Crippen LogP contribution in [0.1, 0.15) is 136 Å². The molecule has 3 saturated carbocycles. The Morgan fingerprint density at radius 1 is 0.517 bits per heavy atom. The molecule has 0 heterocycles. The lowest BCUT2D eigenvalue weighted by atomic mass is 9.73. The van der Waals surface area contributed by atoms with E-state index in [9.17, 15) is 0 Å². The second-order valence-electron chi connectivity index (χ2n) is 11.5. The molecule has 1 atom stereocenters. The Balaban J connectivity index is 1.26. The van der Waals surface area contributed by atoms with E-state index in [1.54, 1.807) is 0 Å². The molecule has 3 rings (SSSR count). The lowest BCUT2D eigenvalue weighted by Gasteiger charge is -2.35. The zero-order valence-electron chi connectivity index (χ0n) is 19.9. The Labute approximate surface area is 188 Å². The first-order valence-corrected chi connectivity index (χ1v) is 14.3. The van der Waals surface area contributed by atoms with Gasteiger partial charge >= 0.3 is 0 Å². The minimum absolute atomic E-state index is 0.470. The van der Waals surface area contributed by atoms with Gasteiger partial charge in [-0.25, -0.2) is 0 Å². The molecule has 0 aliphatic heterocycles. The van der Waals surface area contributed by atoms with Crippen molar-refractivity contribution in [3.63, 3.8) is 0 Å². The SMILES string of the molecule is CCC[C@H]1CC[C@H](CCC2CCC(CC(Cl)[C@H]3CC[C@H](CCC)CC3)CC2)CC1. The van der Waals surface area contributed by atoms with Crippen LogP contribution in [0.4, 0.5) is 0 Å². The average Bonchev–Trinajstić information content (AvgIpc) is 2.75. The number of hydrogen-bond donors (Lipinski definition) is 0. The van der Waals surface area contributed by atoms with Crippen LogP contribution in [-0.2, 0) is 0 Å². The summed E-state index contributed by atoms with van der Waals surface area (Å²) in [4.78, 5) is 0. The van der Waals surface area contributed by atoms with E-state index < -0.39 is 0 Å². The highest BCUT2D eigenvalue weighted by Gasteiger charge is 2.30. The fourth-order valence-electron chi connectivity index (χ4n) is 7.20. The normalized spacial score (nSPS) is 37.3. The van der Waals surface area contributed by atoms with Gasteiger partial charge in [-0.1, -0.05) is 117 Å². The number of hydrogen-bond acceptors (Lipinski definition) is 0. The minimum Gasteiger partial charge on any atom is -0.123 e. The molecule has 170 valence electrons. The molecule has 0 nitrogen and oxygen atoms in total. The van der Waals surface area contributed by atoms with Crippen molar-refractivity contribution in [3.05, 3.63) is 0 Å². The second-order valence-corrected chi connectivity index (χ2v) is 12.0. The largest absolute Gasteiger partial charge is 0.123 e. The molecule has 1 heteroatoms.